The average molecular weight is 562 g/mol. The van der Waals surface area contributed by atoms with Gasteiger partial charge in [0.1, 0.15) is 5.75 Å². The summed E-state index contributed by atoms with van der Waals surface area (Å²) in [5, 5.41) is 0.615. The van der Waals surface area contributed by atoms with Crippen molar-refractivity contribution in [3.63, 3.8) is 0 Å². The molecule has 0 spiro atoms. The Labute approximate surface area is 240 Å². The minimum Gasteiger partial charge on any atom is -0.494 e. The number of amides is 3. The fourth-order valence-corrected chi connectivity index (χ4v) is 5.14. The molecule has 0 aromatic heterocycles. The predicted molar refractivity (Wildman–Crippen MR) is 159 cm³/mol. The van der Waals surface area contributed by atoms with Gasteiger partial charge in [-0.1, -0.05) is 43.6 Å². The lowest BCUT2D eigenvalue weighted by molar-refractivity contribution is -0.126. The SMILES string of the molecule is CCN(C(=O)[C@H]1C[C@H](C)N(C(=O)c2ccc(OCCC(C)(C)C(N)=O)cc2)c2ccccc21)c1ccc(Cl)cc1. The van der Waals surface area contributed by atoms with Crippen LogP contribution in [0, 0.1) is 5.41 Å². The molecule has 3 amide bonds. The molecule has 7 nitrogen and oxygen atoms in total. The highest BCUT2D eigenvalue weighted by atomic mass is 35.5. The van der Waals surface area contributed by atoms with Gasteiger partial charge in [0, 0.05) is 40.0 Å². The second-order valence-corrected chi connectivity index (χ2v) is 11.2. The van der Waals surface area contributed by atoms with E-state index >= 15 is 0 Å². The monoisotopic (exact) mass is 561 g/mol. The van der Waals surface area contributed by atoms with E-state index in [1.165, 1.54) is 0 Å². The highest BCUT2D eigenvalue weighted by molar-refractivity contribution is 6.30. The van der Waals surface area contributed by atoms with Crippen LogP contribution < -0.4 is 20.3 Å². The maximum absolute atomic E-state index is 13.8. The van der Waals surface area contributed by atoms with E-state index in [1.807, 2.05) is 50.2 Å². The Kier molecular flexibility index (Phi) is 8.84. The Balaban J connectivity index is 1.53. The summed E-state index contributed by atoms with van der Waals surface area (Å²) >= 11 is 6.06. The summed E-state index contributed by atoms with van der Waals surface area (Å²) in [5.74, 6) is -0.290. The highest BCUT2D eigenvalue weighted by Gasteiger charge is 2.38. The van der Waals surface area contributed by atoms with Gasteiger partial charge in [0.05, 0.1) is 12.5 Å². The molecule has 8 heteroatoms. The molecule has 4 rings (SSSR count). The molecule has 0 unspecified atom stereocenters. The molecular weight excluding hydrogens is 526 g/mol. The lowest BCUT2D eigenvalue weighted by Gasteiger charge is -2.40. The first-order valence-corrected chi connectivity index (χ1v) is 13.9. The van der Waals surface area contributed by atoms with Crippen LogP contribution >= 0.6 is 11.6 Å². The zero-order chi connectivity index (χ0) is 29.0. The zero-order valence-electron chi connectivity index (χ0n) is 23.4. The van der Waals surface area contributed by atoms with Crippen molar-refractivity contribution in [2.45, 2.75) is 52.5 Å². The molecule has 0 saturated carbocycles. The topological polar surface area (TPSA) is 92.9 Å². The van der Waals surface area contributed by atoms with Crippen LogP contribution in [0.4, 0.5) is 11.4 Å². The third-order valence-corrected chi connectivity index (χ3v) is 7.84. The Morgan fingerprint density at radius 2 is 1.68 bits per heavy atom. The van der Waals surface area contributed by atoms with Crippen LogP contribution in [-0.4, -0.2) is 36.9 Å². The van der Waals surface area contributed by atoms with Gasteiger partial charge in [-0.2, -0.15) is 0 Å². The van der Waals surface area contributed by atoms with Crippen molar-refractivity contribution >= 4 is 40.7 Å². The maximum atomic E-state index is 13.8. The standard InChI is InChI=1S/C32H36ClN3O4/c1-5-35(24-14-12-23(33)13-15-24)30(38)27-20-21(2)36(28-9-7-6-8-26(27)28)29(37)22-10-16-25(17-11-22)40-19-18-32(3,4)31(34)39/h6-17,21,27H,5,18-20H2,1-4H3,(H2,34,39)/t21-,27-/m0/s1. The number of carbonyl (C=O) groups excluding carboxylic acids is 3. The molecule has 0 fully saturated rings. The van der Waals surface area contributed by atoms with Gasteiger partial charge in [0.2, 0.25) is 11.8 Å². The van der Waals surface area contributed by atoms with Gasteiger partial charge < -0.3 is 20.3 Å². The van der Waals surface area contributed by atoms with Gasteiger partial charge in [-0.05, 0) is 86.8 Å². The number of hydrogen-bond acceptors (Lipinski definition) is 4. The first-order valence-electron chi connectivity index (χ1n) is 13.6. The van der Waals surface area contributed by atoms with Crippen LogP contribution in [0.2, 0.25) is 5.02 Å². The van der Waals surface area contributed by atoms with Crippen LogP contribution in [0.1, 0.15) is 62.4 Å². The number of fused-ring (bicyclic) bond motifs is 1. The number of nitrogens with zero attached hydrogens (tertiary/aromatic N) is 2. The Morgan fingerprint density at radius 3 is 2.30 bits per heavy atom. The summed E-state index contributed by atoms with van der Waals surface area (Å²) in [5.41, 5.74) is 7.67. The van der Waals surface area contributed by atoms with Crippen molar-refractivity contribution in [3.8, 4) is 5.75 Å². The van der Waals surface area contributed by atoms with E-state index < -0.39 is 5.41 Å². The summed E-state index contributed by atoms with van der Waals surface area (Å²) in [6.45, 7) is 8.35. The number of nitrogens with two attached hydrogens (primary N) is 1. The quantitative estimate of drug-likeness (QED) is 0.337. The number of ether oxygens (including phenoxy) is 1. The third-order valence-electron chi connectivity index (χ3n) is 7.59. The van der Waals surface area contributed by atoms with E-state index in [1.54, 1.807) is 60.0 Å². The fourth-order valence-electron chi connectivity index (χ4n) is 5.01. The van der Waals surface area contributed by atoms with Crippen molar-refractivity contribution < 1.29 is 19.1 Å². The van der Waals surface area contributed by atoms with Crippen LogP contribution in [0.3, 0.4) is 0 Å². The second kappa shape index (κ2) is 12.1. The number of para-hydroxylation sites is 1. The van der Waals surface area contributed by atoms with E-state index in [0.717, 1.165) is 16.9 Å². The number of hydrogen-bond donors (Lipinski definition) is 1. The van der Waals surface area contributed by atoms with E-state index in [-0.39, 0.29) is 29.7 Å². The number of rotatable bonds is 9. The van der Waals surface area contributed by atoms with Crippen LogP contribution in [0.25, 0.3) is 0 Å². The Morgan fingerprint density at radius 1 is 1.02 bits per heavy atom. The van der Waals surface area contributed by atoms with Crippen molar-refractivity contribution in [3.05, 3.63) is 88.9 Å². The number of anilines is 2. The van der Waals surface area contributed by atoms with Crippen molar-refractivity contribution in [2.24, 2.45) is 11.1 Å². The minimum absolute atomic E-state index is 0.00256. The normalized spacial score (nSPS) is 16.7. The molecule has 3 aromatic carbocycles. The van der Waals surface area contributed by atoms with Gasteiger partial charge in [-0.15, -0.1) is 0 Å². The van der Waals surface area contributed by atoms with Crippen molar-refractivity contribution in [1.29, 1.82) is 0 Å². The molecule has 0 radical (unpaired) electrons. The number of benzene rings is 3. The maximum Gasteiger partial charge on any atom is 0.258 e. The van der Waals surface area contributed by atoms with Gasteiger partial charge in [-0.25, -0.2) is 0 Å². The van der Waals surface area contributed by atoms with E-state index in [4.69, 9.17) is 22.1 Å². The summed E-state index contributed by atoms with van der Waals surface area (Å²) < 4.78 is 5.78. The van der Waals surface area contributed by atoms with Crippen molar-refractivity contribution in [2.75, 3.05) is 23.0 Å². The van der Waals surface area contributed by atoms with E-state index in [9.17, 15) is 14.4 Å². The molecule has 2 N–H and O–H groups in total. The summed E-state index contributed by atoms with van der Waals surface area (Å²) in [7, 11) is 0. The lowest BCUT2D eigenvalue weighted by atomic mass is 9.84. The number of primary amides is 1. The van der Waals surface area contributed by atoms with E-state index in [0.29, 0.717) is 42.3 Å². The van der Waals surface area contributed by atoms with Crippen LogP contribution in [0.15, 0.2) is 72.8 Å². The molecule has 0 bridgehead atoms. The minimum atomic E-state index is -0.657. The molecule has 1 heterocycles. The molecule has 0 aliphatic carbocycles. The molecule has 2 atom stereocenters. The smallest absolute Gasteiger partial charge is 0.258 e. The first-order chi connectivity index (χ1) is 19.0. The van der Waals surface area contributed by atoms with Gasteiger partial charge in [0.15, 0.2) is 0 Å². The number of likely N-dealkylation sites (N-methyl/N-ethyl adjacent to an activating group) is 1. The number of carbonyl (C=O) groups is 3. The Bertz CT molecular complexity index is 1370. The zero-order valence-corrected chi connectivity index (χ0v) is 24.1. The summed E-state index contributed by atoms with van der Waals surface area (Å²) in [6, 6.07) is 21.7. The average Bonchev–Trinajstić information content (AvgIpc) is 2.94. The predicted octanol–water partition coefficient (Wildman–Crippen LogP) is 6.20. The fraction of sp³-hybridized carbons (Fsp3) is 0.344. The second-order valence-electron chi connectivity index (χ2n) is 10.8. The third kappa shape index (κ3) is 6.15. The molecule has 210 valence electrons. The molecule has 1 aliphatic rings. The van der Waals surface area contributed by atoms with Gasteiger partial charge in [-0.3, -0.25) is 14.4 Å². The highest BCUT2D eigenvalue weighted by Crippen LogP contribution is 2.41. The molecule has 3 aromatic rings. The molecule has 0 saturated heterocycles. The van der Waals surface area contributed by atoms with Crippen LogP contribution in [-0.2, 0) is 9.59 Å². The Hall–Kier alpha value is -3.84. The largest absolute Gasteiger partial charge is 0.494 e. The lowest BCUT2D eigenvalue weighted by Crippen LogP contribution is -2.46. The summed E-state index contributed by atoms with van der Waals surface area (Å²) in [4.78, 5) is 42.7. The summed E-state index contributed by atoms with van der Waals surface area (Å²) in [6.07, 6.45) is 0.987. The van der Waals surface area contributed by atoms with E-state index in [2.05, 4.69) is 0 Å². The van der Waals surface area contributed by atoms with Crippen LogP contribution in [0.5, 0.6) is 5.75 Å². The van der Waals surface area contributed by atoms with Crippen molar-refractivity contribution in [1.82, 2.24) is 0 Å². The number of halogens is 1. The molecule has 1 aliphatic heterocycles. The molecular formula is C32H36ClN3O4. The first kappa shape index (κ1) is 29.2. The van der Waals surface area contributed by atoms with Gasteiger partial charge in [0.25, 0.3) is 5.91 Å². The van der Waals surface area contributed by atoms with Gasteiger partial charge >= 0.3 is 0 Å². The molecule has 40 heavy (non-hydrogen) atoms.